The molecule has 18 aromatic carbocycles. The summed E-state index contributed by atoms with van der Waals surface area (Å²) >= 11 is 0. The number of hydrogen-bond acceptors (Lipinski definition) is 15. The summed E-state index contributed by atoms with van der Waals surface area (Å²) in [6, 6.07) is 149. The number of nitrogens with zero attached hydrogens (tertiary/aromatic N) is 9. The predicted molar refractivity (Wildman–Crippen MR) is 548 cm³/mol. The Kier molecular flexibility index (Phi) is 23.2. The highest BCUT2D eigenvalue weighted by Crippen LogP contribution is 2.39. The molecule has 0 amide bonds. The molecule has 6 aromatic heterocycles. The number of rotatable bonds is 15. The summed E-state index contributed by atoms with van der Waals surface area (Å²) < 4.78 is 18.0. The monoisotopic (exact) mass is 1750 g/mol. The van der Waals surface area contributed by atoms with Crippen molar-refractivity contribution in [3.63, 3.8) is 0 Å². The van der Waals surface area contributed by atoms with Crippen LogP contribution in [0.4, 0.5) is 0 Å². The van der Waals surface area contributed by atoms with Gasteiger partial charge in [0.25, 0.3) is 0 Å². The van der Waals surface area contributed by atoms with Crippen molar-refractivity contribution in [1.29, 1.82) is 0 Å². The first-order chi connectivity index (χ1) is 66.6. The standard InChI is InChI=1S/3C40H25N3O2.CH4/c44-37-33-19-7-8-20-35(33)45-36-22-21-31(25-34(36)37)29-16-9-15-28(23-29)30-17-10-18-32(24-30)40-42-38(26-11-3-1-4-12-26)41-39(43-40)27-13-5-2-6-14-27;44-37-33-17-9-10-18-35(33)45-36-24-23-30(25-34(36)37)26-19-21-27(22-20-26)31-15-7-8-16-32(31)40-42-38(28-11-3-1-4-12-28)41-39(43-40)29-13-5-2-6-14-29;44-37-33-16-7-8-17-35(33)45-36-23-22-32(25-34(36)37)31-15-9-14-30(24-31)26-18-20-29(21-19-26)40-42-38(27-10-3-1-4-11-27)41-39(43-40)28-12-5-2-6-13-28;/h3*1-25H;1H4. The second kappa shape index (κ2) is 37.5. The molecule has 0 N–H and O–H groups in total. The Bertz CT molecular complexity index is 8620. The van der Waals surface area contributed by atoms with E-state index in [9.17, 15) is 14.4 Å². The van der Waals surface area contributed by atoms with Crippen LogP contribution >= 0.6 is 0 Å². The second-order valence-electron chi connectivity index (χ2n) is 32.5. The zero-order chi connectivity index (χ0) is 90.5. The van der Waals surface area contributed by atoms with Crippen molar-refractivity contribution in [3.05, 3.63) is 486 Å². The lowest BCUT2D eigenvalue weighted by atomic mass is 9.96. The Morgan fingerprint density at radius 3 is 0.640 bits per heavy atom. The van der Waals surface area contributed by atoms with Crippen LogP contribution in [-0.2, 0) is 0 Å². The molecule has 644 valence electrons. The number of aromatic nitrogens is 9. The van der Waals surface area contributed by atoms with Crippen LogP contribution < -0.4 is 16.3 Å². The van der Waals surface area contributed by atoms with Crippen LogP contribution in [0.5, 0.6) is 0 Å². The average Bonchev–Trinajstić information content (AvgIpc) is 0.792. The highest BCUT2D eigenvalue weighted by Gasteiger charge is 2.21. The maximum Gasteiger partial charge on any atom is 0.200 e. The van der Waals surface area contributed by atoms with E-state index in [0.29, 0.717) is 118 Å². The van der Waals surface area contributed by atoms with Crippen LogP contribution in [0.1, 0.15) is 7.43 Å². The highest BCUT2D eigenvalue weighted by atomic mass is 16.3. The minimum absolute atomic E-state index is 0. The van der Waals surface area contributed by atoms with E-state index in [1.807, 2.05) is 340 Å². The summed E-state index contributed by atoms with van der Waals surface area (Å²) in [6.07, 6.45) is 0. The van der Waals surface area contributed by atoms with Gasteiger partial charge >= 0.3 is 0 Å². The molecular formula is C121H79N9O6. The zero-order valence-electron chi connectivity index (χ0n) is 72.3. The first-order valence-electron chi connectivity index (χ1n) is 44.2. The van der Waals surface area contributed by atoms with Crippen molar-refractivity contribution in [2.75, 3.05) is 0 Å². The van der Waals surface area contributed by atoms with Crippen LogP contribution in [0.25, 0.3) is 235 Å². The van der Waals surface area contributed by atoms with E-state index in [4.69, 9.17) is 58.1 Å². The van der Waals surface area contributed by atoms with Crippen LogP contribution in [0.2, 0.25) is 0 Å². The normalized spacial score (nSPS) is 11.1. The van der Waals surface area contributed by atoms with E-state index >= 15 is 0 Å². The largest absolute Gasteiger partial charge is 0.456 e. The van der Waals surface area contributed by atoms with Gasteiger partial charge in [0.1, 0.15) is 33.5 Å². The van der Waals surface area contributed by atoms with Crippen molar-refractivity contribution in [3.8, 4) is 169 Å². The third-order valence-corrected chi connectivity index (χ3v) is 23.8. The fraction of sp³-hybridized carbons (Fsp3) is 0.00826. The van der Waals surface area contributed by atoms with Gasteiger partial charge in [-0.05, 0) is 158 Å². The summed E-state index contributed by atoms with van der Waals surface area (Å²) in [5.41, 5.74) is 23.9. The molecule has 24 aromatic rings. The molecule has 15 heteroatoms. The summed E-state index contributed by atoms with van der Waals surface area (Å²) in [4.78, 5) is 83.6. The average molecular weight is 1760 g/mol. The fourth-order valence-electron chi connectivity index (χ4n) is 16.9. The maximum absolute atomic E-state index is 13.3. The van der Waals surface area contributed by atoms with E-state index in [-0.39, 0.29) is 23.7 Å². The molecule has 6 heterocycles. The van der Waals surface area contributed by atoms with Crippen molar-refractivity contribution in [2.45, 2.75) is 7.43 Å². The zero-order valence-corrected chi connectivity index (χ0v) is 72.3. The summed E-state index contributed by atoms with van der Waals surface area (Å²) in [5, 5.41) is 3.45. The molecule has 0 unspecified atom stereocenters. The molecule has 0 spiro atoms. The van der Waals surface area contributed by atoms with Crippen molar-refractivity contribution < 1.29 is 13.3 Å². The number of benzene rings is 18. The second-order valence-corrected chi connectivity index (χ2v) is 32.5. The van der Waals surface area contributed by atoms with Gasteiger partial charge in [0.05, 0.1) is 32.3 Å². The van der Waals surface area contributed by atoms with Crippen LogP contribution in [0.15, 0.2) is 483 Å². The third kappa shape index (κ3) is 17.4. The third-order valence-electron chi connectivity index (χ3n) is 23.8. The van der Waals surface area contributed by atoms with E-state index in [0.717, 1.165) is 117 Å². The lowest BCUT2D eigenvalue weighted by molar-refractivity contribution is 0.659. The minimum Gasteiger partial charge on any atom is -0.456 e. The van der Waals surface area contributed by atoms with E-state index in [1.165, 1.54) is 0 Å². The van der Waals surface area contributed by atoms with Crippen LogP contribution in [0.3, 0.4) is 0 Å². The molecule has 0 aliphatic heterocycles. The van der Waals surface area contributed by atoms with Crippen LogP contribution in [0, 0.1) is 0 Å². The molecule has 24 rings (SSSR count). The molecule has 0 fully saturated rings. The van der Waals surface area contributed by atoms with Gasteiger partial charge in [0.15, 0.2) is 52.4 Å². The van der Waals surface area contributed by atoms with Gasteiger partial charge in [-0.1, -0.05) is 371 Å². The number of fused-ring (bicyclic) bond motifs is 6. The number of hydrogen-bond donors (Lipinski definition) is 0. The Hall–Kier alpha value is -18.6. The topological polar surface area (TPSA) is 207 Å². The Morgan fingerprint density at radius 1 is 0.132 bits per heavy atom. The van der Waals surface area contributed by atoms with Crippen molar-refractivity contribution in [2.24, 2.45) is 0 Å². The van der Waals surface area contributed by atoms with Gasteiger partial charge in [0, 0.05) is 50.1 Å². The van der Waals surface area contributed by atoms with Gasteiger partial charge in [0.2, 0.25) is 16.3 Å². The van der Waals surface area contributed by atoms with Crippen molar-refractivity contribution >= 4 is 65.8 Å². The molecule has 0 aliphatic carbocycles. The lowest BCUT2D eigenvalue weighted by Crippen LogP contribution is -2.02. The molecule has 0 radical (unpaired) electrons. The number of para-hydroxylation sites is 3. The molecule has 15 nitrogen and oxygen atoms in total. The van der Waals surface area contributed by atoms with Gasteiger partial charge in [-0.3, -0.25) is 14.4 Å². The quantitative estimate of drug-likeness (QED) is 0.0875. The summed E-state index contributed by atoms with van der Waals surface area (Å²) in [7, 11) is 0. The van der Waals surface area contributed by atoms with Gasteiger partial charge < -0.3 is 13.3 Å². The Labute approximate surface area is 781 Å². The first kappa shape index (κ1) is 84.3. The fourth-order valence-corrected chi connectivity index (χ4v) is 16.9. The van der Waals surface area contributed by atoms with Gasteiger partial charge in [-0.15, -0.1) is 0 Å². The highest BCUT2D eigenvalue weighted by molar-refractivity contribution is 5.96. The van der Waals surface area contributed by atoms with Gasteiger partial charge in [-0.25, -0.2) is 44.9 Å². The molecule has 136 heavy (non-hydrogen) atoms. The lowest BCUT2D eigenvalue weighted by Gasteiger charge is -2.12. The molecule has 0 aliphatic rings. The molecule has 0 saturated carbocycles. The maximum atomic E-state index is 13.3. The Morgan fingerprint density at radius 2 is 0.324 bits per heavy atom. The minimum atomic E-state index is -0.0281. The molecule has 0 atom stereocenters. The summed E-state index contributed by atoms with van der Waals surface area (Å²) in [5.74, 6) is 5.59. The molecule has 0 bridgehead atoms. The van der Waals surface area contributed by atoms with E-state index < -0.39 is 0 Å². The van der Waals surface area contributed by atoms with E-state index in [2.05, 4.69) is 97.1 Å². The summed E-state index contributed by atoms with van der Waals surface area (Å²) in [6.45, 7) is 0. The predicted octanol–water partition coefficient (Wildman–Crippen LogP) is 29.0. The Balaban J connectivity index is 0.000000122. The van der Waals surface area contributed by atoms with Crippen LogP contribution in [-0.4, -0.2) is 44.9 Å². The SMILES string of the molecule is C.O=c1c2ccccc2oc2ccc(-c3ccc(-c4ccccc4-c4nc(-c5ccccc5)nc(-c5ccccc5)n4)cc3)cc12.O=c1c2ccccc2oc2ccc(-c3cccc(-c4ccc(-c5nc(-c6ccccc6)nc(-c6ccccc6)n5)cc4)c3)cc12.O=c1c2ccccc2oc2ccc(-c3cccc(-c4cccc(-c5nc(-c6ccccc6)nc(-c6ccccc6)n5)c4)c3)cc12. The molecular weight excluding hydrogens is 1680 g/mol. The smallest absolute Gasteiger partial charge is 0.200 e. The van der Waals surface area contributed by atoms with E-state index in [1.54, 1.807) is 18.2 Å². The molecule has 0 saturated heterocycles. The first-order valence-corrected chi connectivity index (χ1v) is 44.2. The van der Waals surface area contributed by atoms with Gasteiger partial charge in [-0.2, -0.15) is 0 Å². The van der Waals surface area contributed by atoms with Crippen molar-refractivity contribution in [1.82, 2.24) is 44.9 Å².